The van der Waals surface area contributed by atoms with E-state index in [1.807, 2.05) is 30.3 Å². The van der Waals surface area contributed by atoms with Crippen molar-refractivity contribution in [2.24, 2.45) is 5.92 Å². The van der Waals surface area contributed by atoms with Gasteiger partial charge in [-0.05, 0) is 67.5 Å². The molecular formula is C22H26FNO3. The molecule has 1 atom stereocenters. The minimum Gasteiger partial charge on any atom is -0.482 e. The summed E-state index contributed by atoms with van der Waals surface area (Å²) in [5.74, 6) is 0.0743. The molecule has 1 aliphatic rings. The third kappa shape index (κ3) is 6.07. The van der Waals surface area contributed by atoms with Gasteiger partial charge in [0.15, 0.2) is 6.61 Å². The number of piperidine rings is 1. The molecule has 0 aliphatic carbocycles. The maximum Gasteiger partial charge on any atom is 0.341 e. The van der Waals surface area contributed by atoms with Gasteiger partial charge in [0, 0.05) is 13.1 Å². The van der Waals surface area contributed by atoms with Crippen molar-refractivity contribution in [3.8, 4) is 5.75 Å². The Hall–Kier alpha value is -2.40. The van der Waals surface area contributed by atoms with E-state index in [4.69, 9.17) is 9.84 Å². The van der Waals surface area contributed by atoms with Crippen molar-refractivity contribution in [1.82, 2.24) is 4.90 Å². The molecule has 1 saturated heterocycles. The summed E-state index contributed by atoms with van der Waals surface area (Å²) in [6, 6.07) is 14.6. The van der Waals surface area contributed by atoms with E-state index < -0.39 is 5.97 Å². The monoisotopic (exact) mass is 371 g/mol. The van der Waals surface area contributed by atoms with Crippen LogP contribution in [0, 0.1) is 11.7 Å². The number of ether oxygens (including phenoxy) is 1. The van der Waals surface area contributed by atoms with Crippen molar-refractivity contribution in [3.63, 3.8) is 0 Å². The summed E-state index contributed by atoms with van der Waals surface area (Å²) in [6.07, 6.45) is 4.12. The Kier molecular flexibility index (Phi) is 6.82. The molecule has 5 heteroatoms. The van der Waals surface area contributed by atoms with E-state index >= 15 is 0 Å². The second-order valence-electron chi connectivity index (χ2n) is 7.20. The second kappa shape index (κ2) is 9.51. The van der Waals surface area contributed by atoms with Crippen molar-refractivity contribution < 1.29 is 19.0 Å². The largest absolute Gasteiger partial charge is 0.482 e. The lowest BCUT2D eigenvalue weighted by molar-refractivity contribution is -0.139. The maximum atomic E-state index is 13.8. The van der Waals surface area contributed by atoms with Crippen LogP contribution in [-0.2, 0) is 17.8 Å². The van der Waals surface area contributed by atoms with Gasteiger partial charge in [-0.25, -0.2) is 9.18 Å². The fourth-order valence-electron chi connectivity index (χ4n) is 3.73. The van der Waals surface area contributed by atoms with Crippen LogP contribution in [0.15, 0.2) is 48.5 Å². The van der Waals surface area contributed by atoms with E-state index in [1.54, 1.807) is 12.1 Å². The van der Waals surface area contributed by atoms with Crippen molar-refractivity contribution in [2.75, 3.05) is 19.7 Å². The molecule has 1 fully saturated rings. The number of benzene rings is 2. The van der Waals surface area contributed by atoms with Crippen LogP contribution in [0.2, 0.25) is 0 Å². The van der Waals surface area contributed by atoms with Gasteiger partial charge in [-0.2, -0.15) is 0 Å². The van der Waals surface area contributed by atoms with E-state index in [0.29, 0.717) is 11.7 Å². The molecular weight excluding hydrogens is 345 g/mol. The van der Waals surface area contributed by atoms with E-state index in [0.717, 1.165) is 50.0 Å². The van der Waals surface area contributed by atoms with Crippen molar-refractivity contribution in [1.29, 1.82) is 0 Å². The number of halogens is 1. The van der Waals surface area contributed by atoms with Crippen LogP contribution in [-0.4, -0.2) is 35.7 Å². The quantitative estimate of drug-likeness (QED) is 0.758. The second-order valence-corrected chi connectivity index (χ2v) is 7.20. The Balaban J connectivity index is 1.51. The van der Waals surface area contributed by atoms with Crippen LogP contribution in [0.1, 0.15) is 30.4 Å². The first-order valence-electron chi connectivity index (χ1n) is 9.49. The van der Waals surface area contributed by atoms with E-state index in [9.17, 15) is 9.18 Å². The zero-order valence-corrected chi connectivity index (χ0v) is 15.4. The van der Waals surface area contributed by atoms with Crippen LogP contribution in [0.5, 0.6) is 5.75 Å². The number of carboxylic acid groups (broad SMARTS) is 1. The Morgan fingerprint density at radius 1 is 1.22 bits per heavy atom. The molecule has 0 aromatic heterocycles. The highest BCUT2D eigenvalue weighted by atomic mass is 19.1. The van der Waals surface area contributed by atoms with Gasteiger partial charge in [0.25, 0.3) is 0 Å². The molecule has 144 valence electrons. The zero-order chi connectivity index (χ0) is 19.1. The molecule has 0 spiro atoms. The highest BCUT2D eigenvalue weighted by molar-refractivity contribution is 5.68. The fraction of sp³-hybridized carbons (Fsp3) is 0.409. The van der Waals surface area contributed by atoms with E-state index in [-0.39, 0.29) is 12.4 Å². The van der Waals surface area contributed by atoms with Crippen molar-refractivity contribution in [3.05, 3.63) is 65.5 Å². The third-order valence-corrected chi connectivity index (χ3v) is 5.05. The van der Waals surface area contributed by atoms with Crippen LogP contribution >= 0.6 is 0 Å². The van der Waals surface area contributed by atoms with Gasteiger partial charge >= 0.3 is 5.97 Å². The predicted molar refractivity (Wildman–Crippen MR) is 102 cm³/mol. The number of carbonyl (C=O) groups is 1. The number of aryl methyl sites for hydroxylation is 1. The lowest BCUT2D eigenvalue weighted by Crippen LogP contribution is -2.35. The van der Waals surface area contributed by atoms with Crippen LogP contribution in [0.3, 0.4) is 0 Å². The van der Waals surface area contributed by atoms with Gasteiger partial charge in [0.05, 0.1) is 0 Å². The van der Waals surface area contributed by atoms with Gasteiger partial charge in [0.2, 0.25) is 0 Å². The van der Waals surface area contributed by atoms with Crippen LogP contribution in [0.25, 0.3) is 0 Å². The zero-order valence-electron chi connectivity index (χ0n) is 15.4. The summed E-state index contributed by atoms with van der Waals surface area (Å²) in [7, 11) is 0. The predicted octanol–water partition coefficient (Wildman–Crippen LogP) is 4.13. The summed E-state index contributed by atoms with van der Waals surface area (Å²) in [5, 5.41) is 8.73. The summed E-state index contributed by atoms with van der Waals surface area (Å²) in [6.45, 7) is 2.55. The molecule has 0 saturated carbocycles. The fourth-order valence-corrected chi connectivity index (χ4v) is 3.73. The number of rotatable bonds is 8. The number of hydrogen-bond acceptors (Lipinski definition) is 3. The average Bonchev–Trinajstić information content (AvgIpc) is 2.66. The first kappa shape index (κ1) is 19.4. The molecule has 1 N–H and O–H groups in total. The third-order valence-electron chi connectivity index (χ3n) is 5.05. The Bertz CT molecular complexity index is 765. The number of carboxylic acids is 1. The number of aliphatic carboxylic acids is 1. The van der Waals surface area contributed by atoms with E-state index in [1.165, 1.54) is 12.5 Å². The van der Waals surface area contributed by atoms with Crippen LogP contribution < -0.4 is 4.74 Å². The minimum absolute atomic E-state index is 0.108. The number of nitrogens with zero attached hydrogens (tertiary/aromatic N) is 1. The summed E-state index contributed by atoms with van der Waals surface area (Å²) < 4.78 is 19.1. The van der Waals surface area contributed by atoms with Gasteiger partial charge in [-0.15, -0.1) is 0 Å². The van der Waals surface area contributed by atoms with Crippen molar-refractivity contribution in [2.45, 2.75) is 32.2 Å². The molecule has 2 aromatic carbocycles. The Morgan fingerprint density at radius 3 is 2.89 bits per heavy atom. The molecule has 1 heterocycles. The number of hydrogen-bond donors (Lipinski definition) is 1. The molecule has 4 nitrogen and oxygen atoms in total. The standard InChI is InChI=1S/C22H26FNO3/c23-21-9-2-1-7-19(21)11-10-17-6-4-12-24(14-17)15-18-5-3-8-20(13-18)27-16-22(25)26/h1-3,5,7-9,13,17H,4,6,10-12,14-16H2,(H,25,26). The molecule has 1 aliphatic heterocycles. The van der Waals surface area contributed by atoms with Crippen LogP contribution in [0.4, 0.5) is 4.39 Å². The summed E-state index contributed by atoms with van der Waals surface area (Å²) in [4.78, 5) is 13.1. The average molecular weight is 371 g/mol. The highest BCUT2D eigenvalue weighted by Crippen LogP contribution is 2.24. The van der Waals surface area contributed by atoms with Gasteiger partial charge in [0.1, 0.15) is 11.6 Å². The molecule has 0 radical (unpaired) electrons. The molecule has 2 aromatic rings. The maximum absolute atomic E-state index is 13.8. The lowest BCUT2D eigenvalue weighted by atomic mass is 9.91. The molecule has 0 bridgehead atoms. The Labute approximate surface area is 159 Å². The van der Waals surface area contributed by atoms with E-state index in [2.05, 4.69) is 4.90 Å². The first-order valence-corrected chi connectivity index (χ1v) is 9.49. The van der Waals surface area contributed by atoms with Crippen molar-refractivity contribution >= 4 is 5.97 Å². The summed E-state index contributed by atoms with van der Waals surface area (Å²) >= 11 is 0. The van der Waals surface area contributed by atoms with Gasteiger partial charge < -0.3 is 9.84 Å². The minimum atomic E-state index is -0.978. The smallest absolute Gasteiger partial charge is 0.341 e. The van der Waals surface area contributed by atoms with Gasteiger partial charge in [-0.3, -0.25) is 4.90 Å². The molecule has 3 rings (SSSR count). The topological polar surface area (TPSA) is 49.8 Å². The normalized spacial score (nSPS) is 17.6. The molecule has 1 unspecified atom stereocenters. The SMILES string of the molecule is O=C(O)COc1cccc(CN2CCCC(CCc3ccccc3F)C2)c1. The molecule has 0 amide bonds. The summed E-state index contributed by atoms with van der Waals surface area (Å²) in [5.41, 5.74) is 1.92. The van der Waals surface area contributed by atoms with Gasteiger partial charge in [-0.1, -0.05) is 30.3 Å². The molecule has 27 heavy (non-hydrogen) atoms. The first-order chi connectivity index (χ1) is 13.1. The highest BCUT2D eigenvalue weighted by Gasteiger charge is 2.20. The Morgan fingerprint density at radius 2 is 2.07 bits per heavy atom. The lowest BCUT2D eigenvalue weighted by Gasteiger charge is -2.33. The number of likely N-dealkylation sites (tertiary alicyclic amines) is 1.